The van der Waals surface area contributed by atoms with E-state index in [1.807, 2.05) is 0 Å². The number of esters is 5. The third-order valence-electron chi connectivity index (χ3n) is 16.2. The number of rotatable bonds is 7. The SMILES string of the molecule is CC(=O)OC[C@@H]1O[C@H](OC(=O)[C@]23CCC(C)(C)C[C@H]2C2=CC[C@@H]4[C@@]5(C)CC[C@H](O)C(C)(C)C5CC[C@@]4(C)[C@]2(C)CC3O)[C@@H](OC(C)=O)[C@H](OC(C)=O)[C@@H]1OC(C)=O. The van der Waals surface area contributed by atoms with Gasteiger partial charge < -0.3 is 38.6 Å². The highest BCUT2D eigenvalue weighted by atomic mass is 16.7. The molecule has 5 fully saturated rings. The molecule has 4 saturated carbocycles. The minimum atomic E-state index is -1.69. The second kappa shape index (κ2) is 14.9. The van der Waals surface area contributed by atoms with Gasteiger partial charge in [-0.25, -0.2) is 0 Å². The van der Waals surface area contributed by atoms with Crippen molar-refractivity contribution in [3.63, 3.8) is 0 Å². The van der Waals surface area contributed by atoms with Crippen molar-refractivity contribution in [3.05, 3.63) is 11.6 Å². The number of carbonyl (C=O) groups is 5. The van der Waals surface area contributed by atoms with Gasteiger partial charge in [0.05, 0.1) is 12.2 Å². The van der Waals surface area contributed by atoms with Gasteiger partial charge in [0.25, 0.3) is 0 Å². The van der Waals surface area contributed by atoms with E-state index in [2.05, 4.69) is 54.5 Å². The molecule has 1 saturated heterocycles. The molecular formula is C44H66O13. The van der Waals surface area contributed by atoms with Crippen molar-refractivity contribution < 1.29 is 62.6 Å². The smallest absolute Gasteiger partial charge is 0.317 e. The number of ether oxygens (including phenoxy) is 6. The fourth-order valence-corrected chi connectivity index (χ4v) is 13.2. The number of carbonyl (C=O) groups excluding carboxylic acids is 5. The van der Waals surface area contributed by atoms with Crippen molar-refractivity contribution in [2.24, 2.45) is 50.2 Å². The average Bonchev–Trinajstić information content (AvgIpc) is 3.08. The third-order valence-corrected chi connectivity index (χ3v) is 16.2. The highest BCUT2D eigenvalue weighted by Crippen LogP contribution is 2.76. The lowest BCUT2D eigenvalue weighted by Crippen LogP contribution is -2.68. The summed E-state index contributed by atoms with van der Waals surface area (Å²) in [5.74, 6) is -3.49. The van der Waals surface area contributed by atoms with Gasteiger partial charge in [0, 0.05) is 27.7 Å². The van der Waals surface area contributed by atoms with Gasteiger partial charge in [-0.15, -0.1) is 0 Å². The lowest BCUT2D eigenvalue weighted by Gasteiger charge is -2.71. The summed E-state index contributed by atoms with van der Waals surface area (Å²) in [4.78, 5) is 64.4. The Morgan fingerprint density at radius 1 is 0.702 bits per heavy atom. The Kier molecular flexibility index (Phi) is 11.4. The van der Waals surface area contributed by atoms with Crippen LogP contribution in [-0.2, 0) is 52.4 Å². The van der Waals surface area contributed by atoms with Gasteiger partial charge in [-0.05, 0) is 103 Å². The Hall–Kier alpha value is -3.03. The summed E-state index contributed by atoms with van der Waals surface area (Å²) in [5, 5.41) is 23.8. The number of aliphatic hydroxyl groups excluding tert-OH is 2. The maximum absolute atomic E-state index is 15.2. The predicted octanol–water partition coefficient (Wildman–Crippen LogP) is 5.75. The normalized spacial score (nSPS) is 44.3. The molecule has 13 nitrogen and oxygen atoms in total. The van der Waals surface area contributed by atoms with Gasteiger partial charge in [-0.2, -0.15) is 0 Å². The van der Waals surface area contributed by atoms with Crippen LogP contribution in [0.25, 0.3) is 0 Å². The molecule has 320 valence electrons. The number of hydrogen-bond donors (Lipinski definition) is 2. The van der Waals surface area contributed by atoms with Crippen LogP contribution < -0.4 is 0 Å². The van der Waals surface area contributed by atoms with E-state index in [9.17, 15) is 29.4 Å². The summed E-state index contributed by atoms with van der Waals surface area (Å²) in [6, 6.07) is 0. The molecule has 2 unspecified atom stereocenters. The molecular weight excluding hydrogens is 736 g/mol. The lowest BCUT2D eigenvalue weighted by molar-refractivity contribution is -0.306. The van der Waals surface area contributed by atoms with Crippen molar-refractivity contribution in [3.8, 4) is 0 Å². The zero-order valence-corrected chi connectivity index (χ0v) is 35.8. The Labute approximate surface area is 337 Å². The summed E-state index contributed by atoms with van der Waals surface area (Å²) in [7, 11) is 0. The van der Waals surface area contributed by atoms with Crippen LogP contribution in [0.4, 0.5) is 0 Å². The standard InChI is InChI=1S/C44H66O13/c1-23(45)52-22-29-34(53-24(2)46)35(54-25(3)47)36(55-26(4)48)37(56-29)57-38(51)44-19-18-39(5,6)20-28(44)27-12-13-31-41(9)16-15-32(49)40(7,8)30(41)14-17-42(31,10)43(27,11)21-33(44)50/h12,28-37,49-50H,13-22H2,1-11H3/t28-,29-,30?,31+,32-,33?,34+,35+,36-,37+,41-,42+,43+,44+/m0/s1. The van der Waals surface area contributed by atoms with Gasteiger partial charge >= 0.3 is 29.8 Å². The van der Waals surface area contributed by atoms with Gasteiger partial charge in [0.15, 0.2) is 12.2 Å². The summed E-state index contributed by atoms with van der Waals surface area (Å²) in [6.45, 7) is 20.0. The second-order valence-electron chi connectivity index (χ2n) is 20.3. The van der Waals surface area contributed by atoms with Crippen LogP contribution in [0, 0.1) is 50.2 Å². The molecule has 14 atom stereocenters. The number of allylic oxidation sites excluding steroid dienone is 2. The third kappa shape index (κ3) is 7.13. The van der Waals surface area contributed by atoms with Crippen molar-refractivity contribution >= 4 is 29.8 Å². The number of hydrogen-bond acceptors (Lipinski definition) is 13. The molecule has 57 heavy (non-hydrogen) atoms. The molecule has 5 aliphatic carbocycles. The van der Waals surface area contributed by atoms with Gasteiger partial charge in [0.2, 0.25) is 12.4 Å². The molecule has 0 amide bonds. The monoisotopic (exact) mass is 802 g/mol. The maximum Gasteiger partial charge on any atom is 0.317 e. The molecule has 0 bridgehead atoms. The van der Waals surface area contributed by atoms with Crippen LogP contribution in [0.5, 0.6) is 0 Å². The molecule has 2 N–H and O–H groups in total. The largest absolute Gasteiger partial charge is 0.463 e. The first-order chi connectivity index (χ1) is 26.3. The molecule has 6 aliphatic rings. The Morgan fingerprint density at radius 3 is 1.93 bits per heavy atom. The minimum absolute atomic E-state index is 0.0137. The molecule has 0 aromatic heterocycles. The lowest BCUT2D eigenvalue weighted by atomic mass is 9.33. The predicted molar refractivity (Wildman–Crippen MR) is 204 cm³/mol. The van der Waals surface area contributed by atoms with E-state index >= 15 is 4.79 Å². The second-order valence-corrected chi connectivity index (χ2v) is 20.3. The molecule has 13 heteroatoms. The fourth-order valence-electron chi connectivity index (χ4n) is 13.2. The molecule has 0 spiro atoms. The number of aliphatic hydroxyl groups is 2. The summed E-state index contributed by atoms with van der Waals surface area (Å²) >= 11 is 0. The van der Waals surface area contributed by atoms with E-state index in [0.717, 1.165) is 52.9 Å². The molecule has 1 aliphatic heterocycles. The van der Waals surface area contributed by atoms with Gasteiger partial charge in [0.1, 0.15) is 18.1 Å². The molecule has 0 aromatic carbocycles. The zero-order valence-electron chi connectivity index (χ0n) is 35.8. The van der Waals surface area contributed by atoms with Crippen LogP contribution in [0.1, 0.15) is 134 Å². The fraction of sp³-hybridized carbons (Fsp3) is 0.841. The van der Waals surface area contributed by atoms with E-state index in [4.69, 9.17) is 28.4 Å². The first-order valence-electron chi connectivity index (χ1n) is 20.9. The van der Waals surface area contributed by atoms with Crippen molar-refractivity contribution in [2.45, 2.75) is 177 Å². The van der Waals surface area contributed by atoms with Crippen LogP contribution in [0.3, 0.4) is 0 Å². The van der Waals surface area contributed by atoms with Crippen LogP contribution in [0.2, 0.25) is 0 Å². The van der Waals surface area contributed by atoms with Crippen molar-refractivity contribution in [1.82, 2.24) is 0 Å². The summed E-state index contributed by atoms with van der Waals surface area (Å²) in [5.41, 5.74) is -1.24. The first-order valence-corrected chi connectivity index (χ1v) is 20.9. The van der Waals surface area contributed by atoms with Crippen LogP contribution >= 0.6 is 0 Å². The van der Waals surface area contributed by atoms with Gasteiger partial charge in [-0.1, -0.05) is 60.1 Å². The van der Waals surface area contributed by atoms with E-state index in [-0.39, 0.29) is 33.7 Å². The molecule has 0 radical (unpaired) electrons. The molecule has 6 rings (SSSR count). The number of fused-ring (bicyclic) bond motifs is 7. The summed E-state index contributed by atoms with van der Waals surface area (Å²) in [6.07, 6.45) is -0.174. The molecule has 0 aromatic rings. The Balaban J connectivity index is 1.40. The van der Waals surface area contributed by atoms with Crippen LogP contribution in [0.15, 0.2) is 11.6 Å². The topological polar surface area (TPSA) is 181 Å². The maximum atomic E-state index is 15.2. The average molecular weight is 803 g/mol. The highest BCUT2D eigenvalue weighted by Gasteiger charge is 2.72. The molecule has 1 heterocycles. The van der Waals surface area contributed by atoms with E-state index in [1.165, 1.54) is 12.5 Å². The summed E-state index contributed by atoms with van der Waals surface area (Å²) < 4.78 is 34.5. The first kappa shape index (κ1) is 43.5. The minimum Gasteiger partial charge on any atom is -0.463 e. The van der Waals surface area contributed by atoms with Crippen molar-refractivity contribution in [2.75, 3.05) is 6.61 Å². The quantitative estimate of drug-likeness (QED) is 0.181. The highest BCUT2D eigenvalue weighted by molar-refractivity contribution is 5.80. The van der Waals surface area contributed by atoms with Crippen LogP contribution in [-0.4, -0.2) is 89.6 Å². The van der Waals surface area contributed by atoms with Gasteiger partial charge in [-0.3, -0.25) is 24.0 Å². The Morgan fingerprint density at radius 2 is 1.32 bits per heavy atom. The van der Waals surface area contributed by atoms with Crippen molar-refractivity contribution in [1.29, 1.82) is 0 Å². The zero-order chi connectivity index (χ0) is 42.3. The van der Waals surface area contributed by atoms with E-state index in [0.29, 0.717) is 37.5 Å². The Bertz CT molecular complexity index is 1670. The van der Waals surface area contributed by atoms with E-state index < -0.39 is 84.1 Å². The van der Waals surface area contributed by atoms with E-state index in [1.54, 1.807) is 0 Å².